The molecule has 3 aromatic carbocycles. The zero-order valence-corrected chi connectivity index (χ0v) is 22.5. The Morgan fingerprint density at radius 1 is 1.05 bits per heavy atom. The van der Waals surface area contributed by atoms with E-state index in [4.69, 9.17) is 21.1 Å². The Kier molecular flexibility index (Phi) is 7.18. The van der Waals surface area contributed by atoms with E-state index >= 15 is 0 Å². The first-order valence-corrected chi connectivity index (χ1v) is 13.0. The smallest absolute Gasteiger partial charge is 0.271 e. The molecule has 0 aliphatic carbocycles. The lowest BCUT2D eigenvalue weighted by molar-refractivity contribution is -0.113. The molecule has 0 saturated carbocycles. The number of hydrogen-bond acceptors (Lipinski definition) is 6. The maximum Gasteiger partial charge on any atom is 0.271 e. The molecule has 2 heterocycles. The van der Waals surface area contributed by atoms with Crippen LogP contribution in [0.2, 0.25) is 5.02 Å². The van der Waals surface area contributed by atoms with Crippen LogP contribution in [0.4, 0.5) is 5.69 Å². The molecule has 1 N–H and O–H groups in total. The fourth-order valence-electron chi connectivity index (χ4n) is 4.40. The van der Waals surface area contributed by atoms with Gasteiger partial charge >= 0.3 is 0 Å². The maximum atomic E-state index is 13.9. The Morgan fingerprint density at radius 2 is 1.79 bits per heavy atom. The average molecular weight is 546 g/mol. The van der Waals surface area contributed by atoms with Gasteiger partial charge < -0.3 is 14.8 Å². The van der Waals surface area contributed by atoms with Crippen LogP contribution in [0.15, 0.2) is 93.9 Å². The monoisotopic (exact) mass is 545 g/mol. The van der Waals surface area contributed by atoms with Gasteiger partial charge in [-0.1, -0.05) is 59.3 Å². The first-order chi connectivity index (χ1) is 18.4. The van der Waals surface area contributed by atoms with E-state index in [2.05, 4.69) is 10.3 Å². The molecule has 38 heavy (non-hydrogen) atoms. The van der Waals surface area contributed by atoms with Crippen molar-refractivity contribution >= 4 is 40.6 Å². The molecular weight excluding hydrogens is 522 g/mol. The standard InChI is InChI=1S/C29H24ClN3O4S/c1-17-25(27(34)32-19-10-5-4-6-11-19)26(21-14-13-20(36-2)16-23(21)37-3)33-28(35)24(38-29(33)31-17)15-18-9-7-8-12-22(18)30/h4-16,26H,1-3H3,(H,32,34)/b24-15-/t26-/m0/s1. The highest BCUT2D eigenvalue weighted by Crippen LogP contribution is 2.37. The molecular formula is C29H24ClN3O4S. The lowest BCUT2D eigenvalue weighted by atomic mass is 9.94. The number of carbonyl (C=O) groups is 1. The number of rotatable bonds is 6. The zero-order chi connectivity index (χ0) is 26.8. The van der Waals surface area contributed by atoms with Crippen molar-refractivity contribution in [3.05, 3.63) is 120 Å². The van der Waals surface area contributed by atoms with Crippen molar-refractivity contribution in [1.29, 1.82) is 0 Å². The number of hydrogen-bond donors (Lipinski definition) is 1. The summed E-state index contributed by atoms with van der Waals surface area (Å²) in [6.07, 6.45) is 1.75. The number of ether oxygens (including phenoxy) is 2. The van der Waals surface area contributed by atoms with E-state index < -0.39 is 6.04 Å². The second-order valence-corrected chi connectivity index (χ2v) is 9.95. The number of halogens is 1. The molecule has 1 aliphatic heterocycles. The van der Waals surface area contributed by atoms with Gasteiger partial charge in [-0.25, -0.2) is 4.99 Å². The van der Waals surface area contributed by atoms with Crippen molar-refractivity contribution in [3.63, 3.8) is 0 Å². The van der Waals surface area contributed by atoms with Crippen LogP contribution in [-0.4, -0.2) is 24.7 Å². The lowest BCUT2D eigenvalue weighted by Crippen LogP contribution is -2.40. The van der Waals surface area contributed by atoms with Gasteiger partial charge in [-0.2, -0.15) is 0 Å². The van der Waals surface area contributed by atoms with Crippen LogP contribution in [0.1, 0.15) is 24.1 Å². The molecule has 5 rings (SSSR count). The van der Waals surface area contributed by atoms with Crippen molar-refractivity contribution < 1.29 is 14.3 Å². The minimum absolute atomic E-state index is 0.283. The molecule has 0 spiro atoms. The first kappa shape index (κ1) is 25.5. The summed E-state index contributed by atoms with van der Waals surface area (Å²) in [6.45, 7) is 1.77. The summed E-state index contributed by atoms with van der Waals surface area (Å²) in [7, 11) is 3.11. The van der Waals surface area contributed by atoms with Crippen LogP contribution in [-0.2, 0) is 4.79 Å². The number of allylic oxidation sites excluding steroid dienone is 1. The topological polar surface area (TPSA) is 81.9 Å². The summed E-state index contributed by atoms with van der Waals surface area (Å²) >= 11 is 7.61. The number of thiazole rings is 1. The first-order valence-electron chi connectivity index (χ1n) is 11.8. The molecule has 0 saturated heterocycles. The van der Waals surface area contributed by atoms with Gasteiger partial charge in [-0.15, -0.1) is 0 Å². The van der Waals surface area contributed by atoms with Crippen LogP contribution >= 0.6 is 22.9 Å². The van der Waals surface area contributed by atoms with Gasteiger partial charge in [0.25, 0.3) is 11.5 Å². The van der Waals surface area contributed by atoms with Crippen molar-refractivity contribution in [2.24, 2.45) is 4.99 Å². The van der Waals surface area contributed by atoms with Crippen molar-refractivity contribution in [1.82, 2.24) is 4.57 Å². The van der Waals surface area contributed by atoms with Crippen molar-refractivity contribution in [2.45, 2.75) is 13.0 Å². The third-order valence-electron chi connectivity index (χ3n) is 6.23. The van der Waals surface area contributed by atoms with Crippen molar-refractivity contribution in [3.8, 4) is 11.5 Å². The predicted molar refractivity (Wildman–Crippen MR) is 150 cm³/mol. The van der Waals surface area contributed by atoms with Crippen LogP contribution in [0, 0.1) is 0 Å². The molecule has 1 aliphatic rings. The van der Waals surface area contributed by atoms with Gasteiger partial charge in [-0.3, -0.25) is 14.2 Å². The normalized spacial score (nSPS) is 15.1. The van der Waals surface area contributed by atoms with Crippen LogP contribution < -0.4 is 29.7 Å². The highest BCUT2D eigenvalue weighted by atomic mass is 35.5. The second-order valence-electron chi connectivity index (χ2n) is 8.53. The zero-order valence-electron chi connectivity index (χ0n) is 20.9. The summed E-state index contributed by atoms with van der Waals surface area (Å²) in [5.41, 5.74) is 2.55. The van der Waals surface area contributed by atoms with E-state index in [-0.39, 0.29) is 11.5 Å². The quantitative estimate of drug-likeness (QED) is 0.385. The van der Waals surface area contributed by atoms with Gasteiger partial charge in [0, 0.05) is 22.3 Å². The minimum atomic E-state index is -0.788. The molecule has 0 unspecified atom stereocenters. The highest BCUT2D eigenvalue weighted by Gasteiger charge is 2.34. The number of nitrogens with one attached hydrogen (secondary N) is 1. The average Bonchev–Trinajstić information content (AvgIpc) is 3.23. The number of anilines is 1. The second kappa shape index (κ2) is 10.7. The van der Waals surface area contributed by atoms with E-state index in [0.29, 0.717) is 48.4 Å². The number of amides is 1. The summed E-state index contributed by atoms with van der Waals surface area (Å²) in [5, 5.41) is 3.48. The Bertz CT molecular complexity index is 1740. The Hall–Kier alpha value is -4.14. The molecule has 7 nitrogen and oxygen atoms in total. The maximum absolute atomic E-state index is 13.9. The molecule has 1 aromatic heterocycles. The van der Waals surface area contributed by atoms with E-state index in [1.54, 1.807) is 62.1 Å². The number of aromatic nitrogens is 1. The third-order valence-corrected chi connectivity index (χ3v) is 7.55. The Balaban J connectivity index is 1.73. The van der Waals surface area contributed by atoms with E-state index in [9.17, 15) is 9.59 Å². The summed E-state index contributed by atoms with van der Waals surface area (Å²) in [6, 6.07) is 21.0. The number of para-hydroxylation sites is 1. The Morgan fingerprint density at radius 3 is 2.50 bits per heavy atom. The van der Waals surface area contributed by atoms with Crippen LogP contribution in [0.3, 0.4) is 0 Å². The lowest BCUT2D eigenvalue weighted by Gasteiger charge is -2.26. The van der Waals surface area contributed by atoms with Gasteiger partial charge in [0.15, 0.2) is 4.80 Å². The van der Waals surface area contributed by atoms with Crippen LogP contribution in [0.25, 0.3) is 6.08 Å². The van der Waals surface area contributed by atoms with E-state index in [0.717, 1.165) is 5.56 Å². The van der Waals surface area contributed by atoms with Crippen LogP contribution in [0.5, 0.6) is 11.5 Å². The number of nitrogens with zero attached hydrogens (tertiary/aromatic N) is 2. The molecule has 1 amide bonds. The van der Waals surface area contributed by atoms with Gasteiger partial charge in [0.2, 0.25) is 0 Å². The fraction of sp³-hybridized carbons (Fsp3) is 0.138. The minimum Gasteiger partial charge on any atom is -0.497 e. The molecule has 192 valence electrons. The van der Waals surface area contributed by atoms with E-state index in [1.165, 1.54) is 11.3 Å². The third kappa shape index (κ3) is 4.76. The molecule has 9 heteroatoms. The largest absolute Gasteiger partial charge is 0.497 e. The van der Waals surface area contributed by atoms with Gasteiger partial charge in [0.1, 0.15) is 17.5 Å². The van der Waals surface area contributed by atoms with Gasteiger partial charge in [-0.05, 0) is 48.9 Å². The molecule has 0 bridgehead atoms. The number of fused-ring (bicyclic) bond motifs is 1. The highest BCUT2D eigenvalue weighted by molar-refractivity contribution is 7.07. The predicted octanol–water partition coefficient (Wildman–Crippen LogP) is 4.54. The summed E-state index contributed by atoms with van der Waals surface area (Å²) < 4.78 is 13.1. The molecule has 1 atom stereocenters. The Labute approximate surface area is 228 Å². The number of carbonyl (C=O) groups excluding carboxylic acids is 1. The summed E-state index contributed by atoms with van der Waals surface area (Å²) in [5.74, 6) is 0.711. The molecule has 0 radical (unpaired) electrons. The number of methoxy groups -OCH3 is 2. The van der Waals surface area contributed by atoms with Gasteiger partial charge in [0.05, 0.1) is 30.0 Å². The SMILES string of the molecule is COc1ccc([C@H]2C(C(=O)Nc3ccccc3)=C(C)N=c3s/c(=C\c4ccccc4Cl)c(=O)n32)c(OC)c1. The molecule has 0 fully saturated rings. The summed E-state index contributed by atoms with van der Waals surface area (Å²) in [4.78, 5) is 32.8. The van der Waals surface area contributed by atoms with Crippen molar-refractivity contribution in [2.75, 3.05) is 19.5 Å². The fourth-order valence-corrected chi connectivity index (χ4v) is 5.63. The van der Waals surface area contributed by atoms with E-state index in [1.807, 2.05) is 42.5 Å². The molecule has 4 aromatic rings. The number of benzene rings is 3.